The summed E-state index contributed by atoms with van der Waals surface area (Å²) in [7, 11) is 0. The Bertz CT molecular complexity index is 587. The summed E-state index contributed by atoms with van der Waals surface area (Å²) < 4.78 is 5.29. The van der Waals surface area contributed by atoms with Gasteiger partial charge in [0.25, 0.3) is 0 Å². The van der Waals surface area contributed by atoms with Crippen LogP contribution in [0.3, 0.4) is 0 Å². The van der Waals surface area contributed by atoms with Crippen molar-refractivity contribution in [2.45, 2.75) is 26.8 Å². The first-order valence-corrected chi connectivity index (χ1v) is 6.81. The van der Waals surface area contributed by atoms with Crippen molar-refractivity contribution in [2.75, 3.05) is 17.3 Å². The molecule has 0 saturated heterocycles. The third-order valence-corrected chi connectivity index (χ3v) is 2.94. The molecule has 1 unspecified atom stereocenters. The van der Waals surface area contributed by atoms with Gasteiger partial charge in [-0.15, -0.1) is 0 Å². The van der Waals surface area contributed by atoms with E-state index in [0.717, 1.165) is 5.56 Å². The van der Waals surface area contributed by atoms with E-state index in [2.05, 4.69) is 56.9 Å². The van der Waals surface area contributed by atoms with E-state index in [1.54, 1.807) is 0 Å². The molecule has 21 heavy (non-hydrogen) atoms. The lowest BCUT2D eigenvalue weighted by molar-refractivity contribution is 0.312. The molecule has 0 fully saturated rings. The van der Waals surface area contributed by atoms with Gasteiger partial charge in [-0.2, -0.15) is 15.0 Å². The second-order valence-electron chi connectivity index (χ2n) is 4.62. The van der Waals surface area contributed by atoms with E-state index < -0.39 is 0 Å². The van der Waals surface area contributed by atoms with Crippen LogP contribution < -0.4 is 21.3 Å². The highest BCUT2D eigenvalue weighted by Gasteiger charge is 2.10. The van der Waals surface area contributed by atoms with Crippen molar-refractivity contribution in [1.82, 2.24) is 15.0 Å². The maximum atomic E-state index is 5.36. The maximum absolute atomic E-state index is 5.36. The monoisotopic (exact) mass is 288 g/mol. The first-order valence-electron chi connectivity index (χ1n) is 6.81. The fourth-order valence-corrected chi connectivity index (χ4v) is 1.81. The molecule has 0 aliphatic carbocycles. The van der Waals surface area contributed by atoms with Crippen molar-refractivity contribution in [2.24, 2.45) is 5.84 Å². The van der Waals surface area contributed by atoms with E-state index in [1.807, 2.05) is 13.8 Å². The van der Waals surface area contributed by atoms with Gasteiger partial charge >= 0.3 is 6.01 Å². The van der Waals surface area contributed by atoms with Gasteiger partial charge in [-0.25, -0.2) is 5.84 Å². The molecular formula is C14H20N6O. The topological polar surface area (TPSA) is 98.0 Å². The second kappa shape index (κ2) is 6.85. The molecule has 0 aliphatic heterocycles. The summed E-state index contributed by atoms with van der Waals surface area (Å²) in [4.78, 5) is 12.4. The SMILES string of the molecule is CCOc1nc(NN)nc(NC(C)c2ccc(C)cc2)n1. The van der Waals surface area contributed by atoms with Gasteiger partial charge in [-0.3, -0.25) is 5.43 Å². The number of rotatable bonds is 6. The van der Waals surface area contributed by atoms with Crippen LogP contribution in [-0.4, -0.2) is 21.6 Å². The van der Waals surface area contributed by atoms with Crippen LogP contribution in [0.15, 0.2) is 24.3 Å². The predicted molar refractivity (Wildman–Crippen MR) is 82.0 cm³/mol. The second-order valence-corrected chi connectivity index (χ2v) is 4.62. The van der Waals surface area contributed by atoms with Gasteiger partial charge in [0.05, 0.1) is 12.6 Å². The lowest BCUT2D eigenvalue weighted by Gasteiger charge is -2.15. The van der Waals surface area contributed by atoms with Crippen LogP contribution in [0.25, 0.3) is 0 Å². The number of hydrazine groups is 1. The van der Waals surface area contributed by atoms with Gasteiger partial charge in [0.1, 0.15) is 0 Å². The lowest BCUT2D eigenvalue weighted by Crippen LogP contribution is -2.16. The minimum absolute atomic E-state index is 0.0492. The minimum atomic E-state index is 0.0492. The number of aromatic nitrogens is 3. The number of aryl methyl sites for hydroxylation is 1. The Morgan fingerprint density at radius 2 is 1.81 bits per heavy atom. The normalized spacial score (nSPS) is 11.8. The summed E-state index contributed by atoms with van der Waals surface area (Å²) >= 11 is 0. The maximum Gasteiger partial charge on any atom is 0.323 e. The summed E-state index contributed by atoms with van der Waals surface area (Å²) in [6.45, 7) is 6.42. The largest absolute Gasteiger partial charge is 0.464 e. The Labute approximate surface area is 123 Å². The van der Waals surface area contributed by atoms with E-state index in [1.165, 1.54) is 5.56 Å². The van der Waals surface area contributed by atoms with Gasteiger partial charge in [0.2, 0.25) is 11.9 Å². The smallest absolute Gasteiger partial charge is 0.323 e. The van der Waals surface area contributed by atoms with E-state index in [0.29, 0.717) is 12.6 Å². The summed E-state index contributed by atoms with van der Waals surface area (Å²) in [5.41, 5.74) is 4.77. The molecule has 0 amide bonds. The summed E-state index contributed by atoms with van der Waals surface area (Å²) in [6, 6.07) is 8.56. The van der Waals surface area contributed by atoms with Crippen molar-refractivity contribution < 1.29 is 4.74 Å². The van der Waals surface area contributed by atoms with Crippen LogP contribution in [0.2, 0.25) is 0 Å². The molecule has 0 aliphatic rings. The number of ether oxygens (including phenoxy) is 1. The van der Waals surface area contributed by atoms with Crippen molar-refractivity contribution in [3.05, 3.63) is 35.4 Å². The molecule has 0 bridgehead atoms. The van der Waals surface area contributed by atoms with Crippen LogP contribution in [0, 0.1) is 6.92 Å². The Kier molecular flexibility index (Phi) is 4.89. The minimum Gasteiger partial charge on any atom is -0.464 e. The third kappa shape index (κ3) is 4.03. The highest BCUT2D eigenvalue weighted by atomic mass is 16.5. The van der Waals surface area contributed by atoms with Crippen LogP contribution in [0.5, 0.6) is 6.01 Å². The van der Waals surface area contributed by atoms with E-state index in [-0.39, 0.29) is 18.0 Å². The highest BCUT2D eigenvalue weighted by molar-refractivity contribution is 5.38. The molecule has 1 heterocycles. The average molecular weight is 288 g/mol. The zero-order chi connectivity index (χ0) is 15.2. The first-order chi connectivity index (χ1) is 10.1. The Balaban J connectivity index is 2.17. The van der Waals surface area contributed by atoms with Gasteiger partial charge in [0.15, 0.2) is 0 Å². The Morgan fingerprint density at radius 3 is 2.43 bits per heavy atom. The predicted octanol–water partition coefficient (Wildman–Crippen LogP) is 2.04. The zero-order valence-electron chi connectivity index (χ0n) is 12.4. The molecule has 1 aromatic heterocycles. The number of nitrogen functional groups attached to an aromatic ring is 1. The van der Waals surface area contributed by atoms with E-state index >= 15 is 0 Å². The average Bonchev–Trinajstić information content (AvgIpc) is 2.48. The summed E-state index contributed by atoms with van der Waals surface area (Å²) in [5, 5.41) is 3.21. The van der Waals surface area contributed by atoms with Gasteiger partial charge in [-0.1, -0.05) is 29.8 Å². The van der Waals surface area contributed by atoms with Gasteiger partial charge in [-0.05, 0) is 26.3 Å². The Morgan fingerprint density at radius 1 is 1.14 bits per heavy atom. The number of nitrogens with zero attached hydrogens (tertiary/aromatic N) is 3. The molecule has 2 rings (SSSR count). The molecule has 0 radical (unpaired) electrons. The van der Waals surface area contributed by atoms with Crippen LogP contribution in [0.1, 0.15) is 31.0 Å². The zero-order valence-corrected chi connectivity index (χ0v) is 12.4. The number of hydrogen-bond acceptors (Lipinski definition) is 7. The fraction of sp³-hybridized carbons (Fsp3) is 0.357. The molecule has 1 atom stereocenters. The number of anilines is 2. The summed E-state index contributed by atoms with van der Waals surface area (Å²) in [6.07, 6.45) is 0. The van der Waals surface area contributed by atoms with Crippen LogP contribution in [0.4, 0.5) is 11.9 Å². The molecule has 4 N–H and O–H groups in total. The van der Waals surface area contributed by atoms with Gasteiger partial charge < -0.3 is 10.1 Å². The van der Waals surface area contributed by atoms with Gasteiger partial charge in [0, 0.05) is 0 Å². The summed E-state index contributed by atoms with van der Waals surface area (Å²) in [5.74, 6) is 6.02. The standard InChI is InChI=1S/C14H20N6O/c1-4-21-14-18-12(17-13(19-14)20-15)16-10(3)11-7-5-9(2)6-8-11/h5-8,10H,4,15H2,1-3H3,(H2,16,17,18,19,20). The molecule has 7 heteroatoms. The fourth-order valence-electron chi connectivity index (χ4n) is 1.81. The lowest BCUT2D eigenvalue weighted by atomic mass is 10.1. The highest BCUT2D eigenvalue weighted by Crippen LogP contribution is 2.19. The molecule has 2 aromatic rings. The van der Waals surface area contributed by atoms with Crippen molar-refractivity contribution >= 4 is 11.9 Å². The molecule has 7 nitrogen and oxygen atoms in total. The van der Waals surface area contributed by atoms with Crippen LogP contribution >= 0.6 is 0 Å². The van der Waals surface area contributed by atoms with Crippen molar-refractivity contribution in [3.8, 4) is 6.01 Å². The quantitative estimate of drug-likeness (QED) is 0.552. The molecule has 0 spiro atoms. The number of nitrogens with two attached hydrogens (primary N) is 1. The van der Waals surface area contributed by atoms with E-state index in [4.69, 9.17) is 10.6 Å². The first kappa shape index (κ1) is 15.0. The third-order valence-electron chi connectivity index (χ3n) is 2.94. The molecule has 0 saturated carbocycles. The number of hydrogen-bond donors (Lipinski definition) is 3. The number of benzene rings is 1. The molecule has 1 aromatic carbocycles. The van der Waals surface area contributed by atoms with Crippen molar-refractivity contribution in [3.63, 3.8) is 0 Å². The number of nitrogens with one attached hydrogen (secondary N) is 2. The van der Waals surface area contributed by atoms with Crippen molar-refractivity contribution in [1.29, 1.82) is 0 Å². The van der Waals surface area contributed by atoms with E-state index in [9.17, 15) is 0 Å². The Hall–Kier alpha value is -2.41. The molecule has 112 valence electrons. The van der Waals surface area contributed by atoms with Crippen LogP contribution in [-0.2, 0) is 0 Å². The molecular weight excluding hydrogens is 268 g/mol.